The van der Waals surface area contributed by atoms with E-state index in [1.807, 2.05) is 11.6 Å². The fraction of sp³-hybridized carbons (Fsp3) is 0.769. The Hall–Kier alpha value is -0.390. The van der Waals surface area contributed by atoms with Gasteiger partial charge in [-0.3, -0.25) is 4.68 Å². The van der Waals surface area contributed by atoms with Crippen LogP contribution in [0.15, 0.2) is 4.47 Å². The van der Waals surface area contributed by atoms with Crippen molar-refractivity contribution in [1.82, 2.24) is 9.78 Å². The summed E-state index contributed by atoms with van der Waals surface area (Å²) in [4.78, 5) is 0. The lowest BCUT2D eigenvalue weighted by molar-refractivity contribution is 0.0794. The second-order valence-corrected chi connectivity index (χ2v) is 5.87. The number of aliphatic hydroxyl groups excluding tert-OH is 1. The van der Waals surface area contributed by atoms with Crippen molar-refractivity contribution in [2.75, 3.05) is 6.61 Å². The van der Waals surface area contributed by atoms with Crippen molar-refractivity contribution in [2.45, 2.75) is 52.4 Å². The molecular weight excluding hydrogens is 296 g/mol. The lowest BCUT2D eigenvalue weighted by atomic mass is 9.96. The fourth-order valence-corrected chi connectivity index (χ4v) is 2.99. The Morgan fingerprint density at radius 1 is 1.61 bits per heavy atom. The number of aromatic nitrogens is 2. The van der Waals surface area contributed by atoms with Crippen molar-refractivity contribution in [3.63, 3.8) is 0 Å². The molecule has 0 aromatic carbocycles. The van der Waals surface area contributed by atoms with Crippen LogP contribution >= 0.6 is 15.9 Å². The molecule has 18 heavy (non-hydrogen) atoms. The predicted molar refractivity (Wildman–Crippen MR) is 73.6 cm³/mol. The Morgan fingerprint density at radius 3 is 2.89 bits per heavy atom. The van der Waals surface area contributed by atoms with Crippen molar-refractivity contribution in [3.8, 4) is 0 Å². The summed E-state index contributed by atoms with van der Waals surface area (Å²) in [6.07, 6.45) is 1.49. The second-order valence-electron chi connectivity index (χ2n) is 5.07. The van der Waals surface area contributed by atoms with E-state index in [9.17, 15) is 5.11 Å². The summed E-state index contributed by atoms with van der Waals surface area (Å²) in [6, 6.07) is 0. The maximum atomic E-state index is 10.3. The van der Waals surface area contributed by atoms with Gasteiger partial charge in [0.05, 0.1) is 34.7 Å². The van der Waals surface area contributed by atoms with E-state index in [4.69, 9.17) is 4.74 Å². The molecule has 102 valence electrons. The lowest BCUT2D eigenvalue weighted by Gasteiger charge is -2.17. The van der Waals surface area contributed by atoms with Gasteiger partial charge in [0, 0.05) is 18.9 Å². The summed E-state index contributed by atoms with van der Waals surface area (Å²) >= 11 is 3.57. The van der Waals surface area contributed by atoms with Crippen molar-refractivity contribution in [2.24, 2.45) is 5.92 Å². The standard InChI is InChI=1S/C13H21BrN2O2/c1-4-16-11(13(14)9(3)15-16)6-12(17)10-5-8(2)18-7-10/h8,10,12,17H,4-7H2,1-3H3. The van der Waals surface area contributed by atoms with Crippen LogP contribution in [0, 0.1) is 12.8 Å². The average molecular weight is 317 g/mol. The van der Waals surface area contributed by atoms with Crippen LogP contribution in [0.5, 0.6) is 0 Å². The summed E-state index contributed by atoms with van der Waals surface area (Å²) < 4.78 is 8.51. The van der Waals surface area contributed by atoms with Crippen LogP contribution in [0.2, 0.25) is 0 Å². The molecule has 1 aromatic rings. The van der Waals surface area contributed by atoms with E-state index in [0.29, 0.717) is 13.0 Å². The predicted octanol–water partition coefficient (Wildman–Crippen LogP) is 2.30. The fourth-order valence-electron chi connectivity index (χ4n) is 2.55. The Kier molecular flexibility index (Phi) is 4.45. The van der Waals surface area contributed by atoms with Gasteiger partial charge in [-0.25, -0.2) is 0 Å². The third-order valence-electron chi connectivity index (χ3n) is 3.63. The minimum atomic E-state index is -0.354. The molecule has 0 aliphatic carbocycles. The molecule has 1 fully saturated rings. The Bertz CT molecular complexity index is 419. The highest BCUT2D eigenvalue weighted by Gasteiger charge is 2.29. The molecule has 3 unspecified atom stereocenters. The zero-order valence-electron chi connectivity index (χ0n) is 11.2. The van der Waals surface area contributed by atoms with Gasteiger partial charge in [0.15, 0.2) is 0 Å². The molecule has 3 atom stereocenters. The van der Waals surface area contributed by atoms with Crippen LogP contribution in [0.4, 0.5) is 0 Å². The number of hydrogen-bond donors (Lipinski definition) is 1. The van der Waals surface area contributed by atoms with Crippen LogP contribution in [0.1, 0.15) is 31.7 Å². The van der Waals surface area contributed by atoms with Gasteiger partial charge in [-0.1, -0.05) is 0 Å². The number of nitrogens with zero attached hydrogens (tertiary/aromatic N) is 2. The largest absolute Gasteiger partial charge is 0.392 e. The highest BCUT2D eigenvalue weighted by Crippen LogP contribution is 2.28. The van der Waals surface area contributed by atoms with Crippen LogP contribution in [-0.4, -0.2) is 33.7 Å². The number of aryl methyl sites for hydroxylation is 2. The highest BCUT2D eigenvalue weighted by molar-refractivity contribution is 9.10. The number of rotatable bonds is 4. The number of hydrogen-bond acceptors (Lipinski definition) is 3. The quantitative estimate of drug-likeness (QED) is 0.927. The number of halogens is 1. The van der Waals surface area contributed by atoms with Gasteiger partial charge in [0.1, 0.15) is 0 Å². The van der Waals surface area contributed by atoms with E-state index in [0.717, 1.165) is 28.8 Å². The van der Waals surface area contributed by atoms with Gasteiger partial charge in [0.2, 0.25) is 0 Å². The molecule has 0 spiro atoms. The van der Waals surface area contributed by atoms with E-state index >= 15 is 0 Å². The zero-order chi connectivity index (χ0) is 13.3. The molecule has 5 heteroatoms. The minimum Gasteiger partial charge on any atom is -0.392 e. The van der Waals surface area contributed by atoms with Crippen LogP contribution < -0.4 is 0 Å². The first kappa shape index (κ1) is 14.0. The Morgan fingerprint density at radius 2 is 2.33 bits per heavy atom. The van der Waals surface area contributed by atoms with Gasteiger partial charge >= 0.3 is 0 Å². The average Bonchev–Trinajstić information content (AvgIpc) is 2.88. The van der Waals surface area contributed by atoms with Gasteiger partial charge in [-0.15, -0.1) is 0 Å². The van der Waals surface area contributed by atoms with Crippen molar-refractivity contribution >= 4 is 15.9 Å². The first-order valence-corrected chi connectivity index (χ1v) is 7.33. The van der Waals surface area contributed by atoms with Gasteiger partial charge in [-0.2, -0.15) is 5.10 Å². The SMILES string of the molecule is CCn1nc(C)c(Br)c1CC(O)C1COC(C)C1. The minimum absolute atomic E-state index is 0.243. The maximum Gasteiger partial charge on any atom is 0.0738 e. The highest BCUT2D eigenvalue weighted by atomic mass is 79.9. The van der Waals surface area contributed by atoms with E-state index in [1.54, 1.807) is 0 Å². The van der Waals surface area contributed by atoms with Crippen molar-refractivity contribution < 1.29 is 9.84 Å². The van der Waals surface area contributed by atoms with E-state index in [1.165, 1.54) is 0 Å². The van der Waals surface area contributed by atoms with E-state index in [2.05, 4.69) is 34.9 Å². The maximum absolute atomic E-state index is 10.3. The normalized spacial score (nSPS) is 25.6. The van der Waals surface area contributed by atoms with Crippen molar-refractivity contribution in [3.05, 3.63) is 15.9 Å². The molecule has 0 saturated carbocycles. The van der Waals surface area contributed by atoms with E-state index < -0.39 is 0 Å². The molecule has 0 radical (unpaired) electrons. The molecule has 1 aliphatic heterocycles. The smallest absolute Gasteiger partial charge is 0.0738 e. The van der Waals surface area contributed by atoms with Gasteiger partial charge in [-0.05, 0) is 43.1 Å². The lowest BCUT2D eigenvalue weighted by Crippen LogP contribution is -2.24. The number of aliphatic hydroxyl groups is 1. The van der Waals surface area contributed by atoms with E-state index in [-0.39, 0.29) is 18.1 Å². The Labute approximate surface area is 116 Å². The topological polar surface area (TPSA) is 47.3 Å². The molecule has 1 aromatic heterocycles. The molecule has 1 saturated heterocycles. The summed E-state index contributed by atoms with van der Waals surface area (Å²) in [5.74, 6) is 0.243. The molecule has 4 nitrogen and oxygen atoms in total. The van der Waals surface area contributed by atoms with Crippen molar-refractivity contribution in [1.29, 1.82) is 0 Å². The van der Waals surface area contributed by atoms with Gasteiger partial charge in [0.25, 0.3) is 0 Å². The molecular formula is C13H21BrN2O2. The second kappa shape index (κ2) is 5.72. The molecule has 2 rings (SSSR count). The summed E-state index contributed by atoms with van der Waals surface area (Å²) in [5.41, 5.74) is 2.07. The van der Waals surface area contributed by atoms with Crippen LogP contribution in [0.25, 0.3) is 0 Å². The zero-order valence-corrected chi connectivity index (χ0v) is 12.8. The summed E-state index contributed by atoms with van der Waals surface area (Å²) in [7, 11) is 0. The third kappa shape index (κ3) is 2.78. The molecule has 1 aliphatic rings. The van der Waals surface area contributed by atoms with Crippen LogP contribution in [-0.2, 0) is 17.7 Å². The Balaban J connectivity index is 2.09. The third-order valence-corrected chi connectivity index (χ3v) is 4.66. The summed E-state index contributed by atoms with van der Waals surface area (Å²) in [6.45, 7) is 7.59. The molecule has 2 heterocycles. The van der Waals surface area contributed by atoms with Crippen LogP contribution in [0.3, 0.4) is 0 Å². The summed E-state index contributed by atoms with van der Waals surface area (Å²) in [5, 5.41) is 14.8. The molecule has 0 amide bonds. The first-order chi connectivity index (χ1) is 8.52. The molecule has 0 bridgehead atoms. The molecule has 1 N–H and O–H groups in total. The first-order valence-electron chi connectivity index (χ1n) is 6.54. The number of ether oxygens (including phenoxy) is 1. The van der Waals surface area contributed by atoms with Gasteiger partial charge < -0.3 is 9.84 Å². The monoisotopic (exact) mass is 316 g/mol.